The van der Waals surface area contributed by atoms with Crippen LogP contribution in [0.15, 0.2) is 0 Å². The van der Waals surface area contributed by atoms with Gasteiger partial charge in [0.05, 0.1) is 0 Å². The smallest absolute Gasteiger partial charge is 0.220 e. The van der Waals surface area contributed by atoms with Crippen molar-refractivity contribution in [3.8, 4) is 0 Å². The third kappa shape index (κ3) is 1.20. The Bertz CT molecular complexity index is 92.6. The van der Waals surface area contributed by atoms with Crippen LogP contribution < -0.4 is 11.1 Å². The standard InChI is InChI=1S/C5H10N2O/c6-4-1-2-5(8)7-3-4/h4H,1-3,6H2,(H,7,8)/t4-/m0/s1. The summed E-state index contributed by atoms with van der Waals surface area (Å²) in [7, 11) is 0. The molecule has 8 heavy (non-hydrogen) atoms. The van der Waals surface area contributed by atoms with E-state index in [0.29, 0.717) is 13.0 Å². The third-order valence-corrected chi connectivity index (χ3v) is 1.30. The van der Waals surface area contributed by atoms with Crippen molar-refractivity contribution in [1.82, 2.24) is 5.32 Å². The van der Waals surface area contributed by atoms with Crippen molar-refractivity contribution in [3.63, 3.8) is 0 Å². The van der Waals surface area contributed by atoms with E-state index in [-0.39, 0.29) is 11.9 Å². The summed E-state index contributed by atoms with van der Waals surface area (Å²) in [5, 5.41) is 2.67. The van der Waals surface area contributed by atoms with Gasteiger partial charge >= 0.3 is 0 Å². The molecular formula is C5H10N2O. The molecule has 1 rings (SSSR count). The van der Waals surface area contributed by atoms with E-state index in [4.69, 9.17) is 5.73 Å². The maximum absolute atomic E-state index is 10.4. The van der Waals surface area contributed by atoms with Crippen molar-refractivity contribution in [2.24, 2.45) is 5.73 Å². The molecule has 1 fully saturated rings. The SMILES string of the molecule is N[C@H]1CCC(=O)NC1. The summed E-state index contributed by atoms with van der Waals surface area (Å²) in [6.45, 7) is 0.652. The summed E-state index contributed by atoms with van der Waals surface area (Å²) >= 11 is 0. The van der Waals surface area contributed by atoms with Crippen molar-refractivity contribution >= 4 is 5.91 Å². The molecule has 46 valence electrons. The van der Waals surface area contributed by atoms with Crippen molar-refractivity contribution in [2.75, 3.05) is 6.54 Å². The molecule has 1 atom stereocenters. The molecule has 0 spiro atoms. The fourth-order valence-electron chi connectivity index (χ4n) is 0.752. The van der Waals surface area contributed by atoms with E-state index < -0.39 is 0 Å². The van der Waals surface area contributed by atoms with Gasteiger partial charge in [-0.1, -0.05) is 0 Å². The molecule has 3 nitrogen and oxygen atoms in total. The Kier molecular flexibility index (Phi) is 1.48. The van der Waals surface area contributed by atoms with Gasteiger partial charge in [0.1, 0.15) is 0 Å². The topological polar surface area (TPSA) is 55.1 Å². The van der Waals surface area contributed by atoms with E-state index >= 15 is 0 Å². The normalized spacial score (nSPS) is 29.6. The first-order chi connectivity index (χ1) is 3.79. The molecule has 1 amide bonds. The molecule has 0 radical (unpaired) electrons. The molecule has 1 saturated heterocycles. The minimum atomic E-state index is 0.131. The highest BCUT2D eigenvalue weighted by Gasteiger charge is 2.12. The number of piperidine rings is 1. The first kappa shape index (κ1) is 5.56. The summed E-state index contributed by atoms with van der Waals surface area (Å²) in [4.78, 5) is 10.4. The largest absolute Gasteiger partial charge is 0.355 e. The van der Waals surface area contributed by atoms with Crippen LogP contribution in [0.3, 0.4) is 0 Å². The summed E-state index contributed by atoms with van der Waals surface area (Å²) in [6.07, 6.45) is 1.44. The molecule has 0 bridgehead atoms. The lowest BCUT2D eigenvalue weighted by molar-refractivity contribution is -0.122. The molecule has 0 aliphatic carbocycles. The van der Waals surface area contributed by atoms with Gasteiger partial charge in [-0.3, -0.25) is 4.79 Å². The highest BCUT2D eigenvalue weighted by atomic mass is 16.1. The van der Waals surface area contributed by atoms with Gasteiger partial charge in [-0.05, 0) is 6.42 Å². The van der Waals surface area contributed by atoms with Crippen LogP contribution in [-0.4, -0.2) is 18.5 Å². The van der Waals surface area contributed by atoms with Gasteiger partial charge in [0.25, 0.3) is 0 Å². The first-order valence-electron chi connectivity index (χ1n) is 2.81. The number of nitrogens with two attached hydrogens (primary N) is 1. The lowest BCUT2D eigenvalue weighted by atomic mass is 10.1. The maximum atomic E-state index is 10.4. The van der Waals surface area contributed by atoms with Crippen molar-refractivity contribution in [1.29, 1.82) is 0 Å². The zero-order valence-corrected chi connectivity index (χ0v) is 4.68. The van der Waals surface area contributed by atoms with Crippen LogP contribution in [0.1, 0.15) is 12.8 Å². The monoisotopic (exact) mass is 114 g/mol. The summed E-state index contributed by atoms with van der Waals surface area (Å²) in [6, 6.07) is 0.188. The number of hydrogen-bond donors (Lipinski definition) is 2. The Balaban J connectivity index is 2.29. The Morgan fingerprint density at radius 2 is 2.50 bits per heavy atom. The lowest BCUT2D eigenvalue weighted by Gasteiger charge is -2.17. The molecule has 1 aliphatic heterocycles. The fraction of sp³-hybridized carbons (Fsp3) is 0.800. The number of carbonyl (C=O) groups is 1. The zero-order chi connectivity index (χ0) is 5.98. The zero-order valence-electron chi connectivity index (χ0n) is 4.68. The Hall–Kier alpha value is -0.570. The Morgan fingerprint density at radius 3 is 2.88 bits per heavy atom. The summed E-state index contributed by atoms with van der Waals surface area (Å²) in [5.74, 6) is 0.131. The molecule has 0 aromatic heterocycles. The lowest BCUT2D eigenvalue weighted by Crippen LogP contribution is -2.42. The van der Waals surface area contributed by atoms with E-state index in [1.54, 1.807) is 0 Å². The van der Waals surface area contributed by atoms with Gasteiger partial charge in [-0.15, -0.1) is 0 Å². The molecule has 1 heterocycles. The van der Waals surface area contributed by atoms with E-state index in [1.165, 1.54) is 0 Å². The van der Waals surface area contributed by atoms with Crippen LogP contribution in [0.25, 0.3) is 0 Å². The molecule has 1 aliphatic rings. The minimum Gasteiger partial charge on any atom is -0.355 e. The van der Waals surface area contributed by atoms with Gasteiger partial charge < -0.3 is 11.1 Å². The molecule has 3 N–H and O–H groups in total. The minimum absolute atomic E-state index is 0.131. The maximum Gasteiger partial charge on any atom is 0.220 e. The predicted octanol–water partition coefficient (Wildman–Crippen LogP) is -0.776. The van der Waals surface area contributed by atoms with Crippen LogP contribution in [0.2, 0.25) is 0 Å². The van der Waals surface area contributed by atoms with Crippen molar-refractivity contribution in [3.05, 3.63) is 0 Å². The fourth-order valence-corrected chi connectivity index (χ4v) is 0.752. The molecule has 3 heteroatoms. The average molecular weight is 114 g/mol. The predicted molar refractivity (Wildman–Crippen MR) is 30.2 cm³/mol. The number of rotatable bonds is 0. The molecule has 0 aromatic rings. The van der Waals surface area contributed by atoms with Crippen LogP contribution >= 0.6 is 0 Å². The van der Waals surface area contributed by atoms with E-state index in [0.717, 1.165) is 6.42 Å². The molecule has 0 saturated carbocycles. The highest BCUT2D eigenvalue weighted by molar-refractivity contribution is 5.76. The van der Waals surface area contributed by atoms with Crippen LogP contribution in [0, 0.1) is 0 Å². The molecular weight excluding hydrogens is 104 g/mol. The number of nitrogens with one attached hydrogen (secondary N) is 1. The third-order valence-electron chi connectivity index (χ3n) is 1.30. The van der Waals surface area contributed by atoms with Crippen LogP contribution in [-0.2, 0) is 4.79 Å². The second kappa shape index (κ2) is 2.13. The van der Waals surface area contributed by atoms with Gasteiger partial charge in [-0.2, -0.15) is 0 Å². The van der Waals surface area contributed by atoms with Gasteiger partial charge in [0.2, 0.25) is 5.91 Å². The number of hydrogen-bond acceptors (Lipinski definition) is 2. The van der Waals surface area contributed by atoms with E-state index in [2.05, 4.69) is 5.32 Å². The van der Waals surface area contributed by atoms with Gasteiger partial charge in [0.15, 0.2) is 0 Å². The summed E-state index contributed by atoms with van der Waals surface area (Å²) < 4.78 is 0. The van der Waals surface area contributed by atoms with Crippen LogP contribution in [0.4, 0.5) is 0 Å². The average Bonchev–Trinajstić information content (AvgIpc) is 1.77. The molecule has 0 aromatic carbocycles. The second-order valence-electron chi connectivity index (χ2n) is 2.10. The number of carbonyl (C=O) groups excluding carboxylic acids is 1. The highest BCUT2D eigenvalue weighted by Crippen LogP contribution is 1.98. The Morgan fingerprint density at radius 1 is 1.75 bits per heavy atom. The van der Waals surface area contributed by atoms with Crippen molar-refractivity contribution < 1.29 is 4.79 Å². The second-order valence-corrected chi connectivity index (χ2v) is 2.10. The first-order valence-corrected chi connectivity index (χ1v) is 2.81. The Labute approximate surface area is 48.2 Å². The van der Waals surface area contributed by atoms with Gasteiger partial charge in [-0.25, -0.2) is 0 Å². The summed E-state index contributed by atoms with van der Waals surface area (Å²) in [5.41, 5.74) is 5.48. The number of amides is 1. The van der Waals surface area contributed by atoms with Crippen molar-refractivity contribution in [2.45, 2.75) is 18.9 Å². The van der Waals surface area contributed by atoms with E-state index in [9.17, 15) is 4.79 Å². The van der Waals surface area contributed by atoms with Crippen LogP contribution in [0.5, 0.6) is 0 Å². The molecule has 0 unspecified atom stereocenters. The van der Waals surface area contributed by atoms with Gasteiger partial charge in [0, 0.05) is 19.0 Å². The quantitative estimate of drug-likeness (QED) is 0.434. The van der Waals surface area contributed by atoms with E-state index in [1.807, 2.05) is 0 Å².